The van der Waals surface area contributed by atoms with Gasteiger partial charge in [-0.25, -0.2) is 0 Å². The van der Waals surface area contributed by atoms with Crippen LogP contribution in [0.1, 0.15) is 44.9 Å². The van der Waals surface area contributed by atoms with Gasteiger partial charge >= 0.3 is 0 Å². The van der Waals surface area contributed by atoms with Gasteiger partial charge in [0.15, 0.2) is 11.7 Å². The molecule has 1 unspecified atom stereocenters. The zero-order valence-electron chi connectivity index (χ0n) is 12.2. The molecule has 0 radical (unpaired) electrons. The number of nitrogens with zero attached hydrogens (tertiary/aromatic N) is 2. The van der Waals surface area contributed by atoms with Crippen molar-refractivity contribution in [2.45, 2.75) is 62.9 Å². The third-order valence-corrected chi connectivity index (χ3v) is 4.44. The maximum Gasteiger partial charge on any atom is 0.191 e. The van der Waals surface area contributed by atoms with Gasteiger partial charge in [-0.1, -0.05) is 6.42 Å². The topological polar surface area (TPSA) is 60.1 Å². The second-order valence-electron chi connectivity index (χ2n) is 6.06. The summed E-state index contributed by atoms with van der Waals surface area (Å²) in [6.45, 7) is 1.27. The summed E-state index contributed by atoms with van der Waals surface area (Å²) in [6.07, 6.45) is 8.33. The van der Waals surface area contributed by atoms with Gasteiger partial charge in [-0.3, -0.25) is 4.99 Å². The monoisotopic (exact) mass is 395 g/mol. The minimum atomic E-state index is -0.296. The number of aliphatic imine (C=N–C) groups is 1. The molecule has 2 aliphatic carbocycles. The van der Waals surface area contributed by atoms with E-state index in [-0.39, 0.29) is 35.9 Å². The second kappa shape index (κ2) is 6.79. The van der Waals surface area contributed by atoms with E-state index in [1.807, 2.05) is 7.05 Å². The summed E-state index contributed by atoms with van der Waals surface area (Å²) in [4.78, 5) is 6.54. The van der Waals surface area contributed by atoms with Crippen LogP contribution >= 0.6 is 24.0 Å². The highest BCUT2D eigenvalue weighted by molar-refractivity contribution is 14.0. The first-order chi connectivity index (χ1) is 9.19. The average molecular weight is 395 g/mol. The Balaban J connectivity index is 0.00000147. The molecular weight excluding hydrogens is 369 g/mol. The molecule has 0 aromatic heterocycles. The van der Waals surface area contributed by atoms with Crippen molar-refractivity contribution in [3.8, 4) is 0 Å². The number of ether oxygens (including phenoxy) is 2. The lowest BCUT2D eigenvalue weighted by Gasteiger charge is -2.31. The summed E-state index contributed by atoms with van der Waals surface area (Å²) < 4.78 is 12.0. The van der Waals surface area contributed by atoms with E-state index in [2.05, 4.69) is 9.89 Å². The van der Waals surface area contributed by atoms with Crippen LogP contribution in [0.4, 0.5) is 0 Å². The van der Waals surface area contributed by atoms with Crippen LogP contribution in [-0.4, -0.2) is 49.0 Å². The lowest BCUT2D eigenvalue weighted by Crippen LogP contribution is -2.37. The van der Waals surface area contributed by atoms with E-state index in [1.165, 1.54) is 32.1 Å². The molecule has 0 amide bonds. The molecule has 5 nitrogen and oxygen atoms in total. The number of rotatable bonds is 3. The Hall–Kier alpha value is -0.0800. The Morgan fingerprint density at radius 2 is 2.00 bits per heavy atom. The Morgan fingerprint density at radius 1 is 1.30 bits per heavy atom. The molecule has 0 aromatic carbocycles. The van der Waals surface area contributed by atoms with Crippen molar-refractivity contribution in [2.75, 3.05) is 20.2 Å². The van der Waals surface area contributed by atoms with Gasteiger partial charge < -0.3 is 20.1 Å². The predicted octanol–water partition coefficient (Wildman–Crippen LogP) is 2.09. The van der Waals surface area contributed by atoms with Crippen molar-refractivity contribution in [3.63, 3.8) is 0 Å². The standard InChI is InChI=1S/C14H25N3O2.HI/c1-17(11-5-6-11)13(15)16-9-12-10-18-14(19-12)7-3-2-4-8-14;/h11-12H,2-10H2,1H3,(H2,15,16);1H. The zero-order valence-corrected chi connectivity index (χ0v) is 14.5. The van der Waals surface area contributed by atoms with Crippen LogP contribution in [0.25, 0.3) is 0 Å². The summed E-state index contributed by atoms with van der Waals surface area (Å²) in [7, 11) is 2.02. The van der Waals surface area contributed by atoms with E-state index < -0.39 is 0 Å². The molecule has 1 atom stereocenters. The lowest BCUT2D eigenvalue weighted by atomic mass is 9.94. The first kappa shape index (κ1) is 16.3. The molecular formula is C14H26IN3O2. The minimum Gasteiger partial charge on any atom is -0.370 e. The summed E-state index contributed by atoms with van der Waals surface area (Å²) in [5.41, 5.74) is 5.99. The Kier molecular flexibility index (Phi) is 5.53. The molecule has 1 saturated heterocycles. The largest absolute Gasteiger partial charge is 0.370 e. The SMILES string of the molecule is CN(C(N)=NCC1COC2(CCCCC2)O1)C1CC1.I. The maximum absolute atomic E-state index is 6.09. The van der Waals surface area contributed by atoms with Gasteiger partial charge in [0.05, 0.1) is 13.2 Å². The fraction of sp³-hybridized carbons (Fsp3) is 0.929. The fourth-order valence-corrected chi connectivity index (χ4v) is 3.01. The highest BCUT2D eigenvalue weighted by atomic mass is 127. The van der Waals surface area contributed by atoms with Gasteiger partial charge in [-0.05, 0) is 25.7 Å². The van der Waals surface area contributed by atoms with E-state index >= 15 is 0 Å². The van der Waals surface area contributed by atoms with E-state index in [9.17, 15) is 0 Å². The van der Waals surface area contributed by atoms with Crippen LogP contribution in [0.2, 0.25) is 0 Å². The molecule has 20 heavy (non-hydrogen) atoms. The number of halogens is 1. The van der Waals surface area contributed by atoms with Gasteiger partial charge in [0.1, 0.15) is 6.10 Å². The third kappa shape index (κ3) is 3.76. The van der Waals surface area contributed by atoms with Crippen LogP contribution < -0.4 is 5.73 Å². The van der Waals surface area contributed by atoms with E-state index in [4.69, 9.17) is 15.2 Å². The molecule has 3 rings (SSSR count). The van der Waals surface area contributed by atoms with Gasteiger partial charge in [0.2, 0.25) is 0 Å². The van der Waals surface area contributed by atoms with Crippen LogP contribution in [0, 0.1) is 0 Å². The predicted molar refractivity (Wildman–Crippen MR) is 89.3 cm³/mol. The maximum atomic E-state index is 6.09. The van der Waals surface area contributed by atoms with Gasteiger partial charge in [-0.15, -0.1) is 24.0 Å². The first-order valence-corrected chi connectivity index (χ1v) is 7.53. The summed E-state index contributed by atoms with van der Waals surface area (Å²) in [5, 5.41) is 0. The van der Waals surface area contributed by atoms with Crippen LogP contribution in [0.5, 0.6) is 0 Å². The van der Waals surface area contributed by atoms with Crippen molar-refractivity contribution < 1.29 is 9.47 Å². The number of nitrogens with two attached hydrogens (primary N) is 1. The number of hydrogen-bond acceptors (Lipinski definition) is 3. The average Bonchev–Trinajstić information content (AvgIpc) is 3.21. The highest BCUT2D eigenvalue weighted by Crippen LogP contribution is 2.37. The summed E-state index contributed by atoms with van der Waals surface area (Å²) >= 11 is 0. The molecule has 1 spiro atoms. The molecule has 6 heteroatoms. The summed E-state index contributed by atoms with van der Waals surface area (Å²) in [6, 6.07) is 0.606. The Bertz CT molecular complexity index is 354. The third-order valence-electron chi connectivity index (χ3n) is 4.44. The molecule has 1 heterocycles. The molecule has 3 fully saturated rings. The Morgan fingerprint density at radius 3 is 2.65 bits per heavy atom. The van der Waals surface area contributed by atoms with E-state index in [1.54, 1.807) is 0 Å². The van der Waals surface area contributed by atoms with Gasteiger partial charge in [-0.2, -0.15) is 0 Å². The molecule has 1 aliphatic heterocycles. The number of guanidine groups is 1. The summed E-state index contributed by atoms with van der Waals surface area (Å²) in [5.74, 6) is 0.339. The minimum absolute atomic E-state index is 0. The lowest BCUT2D eigenvalue weighted by molar-refractivity contribution is -0.186. The van der Waals surface area contributed by atoms with Crippen LogP contribution in [0.3, 0.4) is 0 Å². The fourth-order valence-electron chi connectivity index (χ4n) is 3.01. The van der Waals surface area contributed by atoms with E-state index in [0.717, 1.165) is 12.8 Å². The van der Waals surface area contributed by atoms with E-state index in [0.29, 0.717) is 25.2 Å². The van der Waals surface area contributed by atoms with Crippen molar-refractivity contribution in [1.29, 1.82) is 0 Å². The molecule has 0 aromatic rings. The zero-order chi connectivity index (χ0) is 13.3. The van der Waals surface area contributed by atoms with Gasteiger partial charge in [0.25, 0.3) is 0 Å². The second-order valence-corrected chi connectivity index (χ2v) is 6.06. The van der Waals surface area contributed by atoms with Crippen LogP contribution in [-0.2, 0) is 9.47 Å². The quantitative estimate of drug-likeness (QED) is 0.452. The molecule has 3 aliphatic rings. The first-order valence-electron chi connectivity index (χ1n) is 7.53. The Labute approximate surface area is 138 Å². The normalized spacial score (nSPS) is 29.2. The number of hydrogen-bond donors (Lipinski definition) is 1. The van der Waals surface area contributed by atoms with Crippen molar-refractivity contribution in [3.05, 3.63) is 0 Å². The molecule has 2 saturated carbocycles. The van der Waals surface area contributed by atoms with Crippen molar-refractivity contribution in [2.24, 2.45) is 10.7 Å². The van der Waals surface area contributed by atoms with Gasteiger partial charge in [0, 0.05) is 25.9 Å². The molecule has 116 valence electrons. The van der Waals surface area contributed by atoms with Crippen molar-refractivity contribution >= 4 is 29.9 Å². The van der Waals surface area contributed by atoms with Crippen LogP contribution in [0.15, 0.2) is 4.99 Å². The van der Waals surface area contributed by atoms with Crippen molar-refractivity contribution in [1.82, 2.24) is 4.90 Å². The molecule has 2 N–H and O–H groups in total. The smallest absolute Gasteiger partial charge is 0.191 e. The molecule has 0 bridgehead atoms. The highest BCUT2D eigenvalue weighted by Gasteiger charge is 2.42.